The number of carbonyl (C=O) groups is 1. The average molecular weight is 442 g/mol. The van der Waals surface area contributed by atoms with Gasteiger partial charge in [0.1, 0.15) is 5.75 Å². The summed E-state index contributed by atoms with van der Waals surface area (Å²) in [5, 5.41) is 2.47. The number of rotatable bonds is 5. The maximum Gasteiger partial charge on any atom is 0.416 e. The summed E-state index contributed by atoms with van der Waals surface area (Å²) in [6.45, 7) is 0.223. The van der Waals surface area contributed by atoms with E-state index in [2.05, 4.69) is 5.32 Å². The van der Waals surface area contributed by atoms with E-state index in [4.69, 9.17) is 4.74 Å². The van der Waals surface area contributed by atoms with Gasteiger partial charge in [-0.15, -0.1) is 0 Å². The number of halogens is 3. The van der Waals surface area contributed by atoms with Crippen LogP contribution in [-0.2, 0) is 21.0 Å². The summed E-state index contributed by atoms with van der Waals surface area (Å²) >= 11 is 0. The van der Waals surface area contributed by atoms with Gasteiger partial charge in [-0.1, -0.05) is 6.07 Å². The standard InChI is InChI=1S/C20H21F3N2O4S/c1-29-17-7-9-18(10-8-17)30(27,28)25-11-3-4-14(13-25)19(26)24-16-6-2-5-15(12-16)20(21,22)23/h2,5-10,12,14H,3-4,11,13H2,1H3,(H,24,26)/t14-/m1/s1. The van der Waals surface area contributed by atoms with Gasteiger partial charge in [-0.25, -0.2) is 8.42 Å². The van der Waals surface area contributed by atoms with Crippen LogP contribution < -0.4 is 10.1 Å². The van der Waals surface area contributed by atoms with E-state index in [0.29, 0.717) is 18.6 Å². The van der Waals surface area contributed by atoms with Crippen molar-refractivity contribution < 1.29 is 31.1 Å². The van der Waals surface area contributed by atoms with Crippen molar-refractivity contribution in [2.45, 2.75) is 23.9 Å². The Morgan fingerprint density at radius 1 is 1.17 bits per heavy atom. The highest BCUT2D eigenvalue weighted by Gasteiger charge is 2.34. The van der Waals surface area contributed by atoms with Crippen molar-refractivity contribution >= 4 is 21.6 Å². The van der Waals surface area contributed by atoms with Gasteiger partial charge in [0, 0.05) is 18.8 Å². The second-order valence-corrected chi connectivity index (χ2v) is 8.88. The number of ether oxygens (including phenoxy) is 1. The first-order chi connectivity index (χ1) is 14.1. The number of sulfonamides is 1. The van der Waals surface area contributed by atoms with Crippen molar-refractivity contribution in [1.29, 1.82) is 0 Å². The fraction of sp³-hybridized carbons (Fsp3) is 0.350. The summed E-state index contributed by atoms with van der Waals surface area (Å²) in [5.74, 6) is -0.656. The number of anilines is 1. The third-order valence-corrected chi connectivity index (χ3v) is 6.79. The van der Waals surface area contributed by atoms with Crippen LogP contribution in [0.3, 0.4) is 0 Å². The maximum absolute atomic E-state index is 12.9. The zero-order chi connectivity index (χ0) is 21.9. The van der Waals surface area contributed by atoms with Crippen molar-refractivity contribution in [3.8, 4) is 5.75 Å². The third kappa shape index (κ3) is 4.93. The summed E-state index contributed by atoms with van der Waals surface area (Å²) in [7, 11) is -2.33. The lowest BCUT2D eigenvalue weighted by Gasteiger charge is -2.31. The van der Waals surface area contributed by atoms with Crippen LogP contribution in [0.25, 0.3) is 0 Å². The van der Waals surface area contributed by atoms with Crippen LogP contribution in [0, 0.1) is 5.92 Å². The van der Waals surface area contributed by atoms with Gasteiger partial charge < -0.3 is 10.1 Å². The summed E-state index contributed by atoms with van der Waals surface area (Å²) in [6, 6.07) is 10.3. The smallest absolute Gasteiger partial charge is 0.416 e. The highest BCUT2D eigenvalue weighted by atomic mass is 32.2. The summed E-state index contributed by atoms with van der Waals surface area (Å²) in [5.41, 5.74) is -0.849. The summed E-state index contributed by atoms with van der Waals surface area (Å²) in [4.78, 5) is 12.7. The molecule has 0 saturated carbocycles. The molecule has 6 nitrogen and oxygen atoms in total. The molecule has 0 aromatic heterocycles. The molecule has 30 heavy (non-hydrogen) atoms. The van der Waals surface area contributed by atoms with E-state index in [9.17, 15) is 26.4 Å². The minimum atomic E-state index is -4.52. The number of piperidine rings is 1. The number of amides is 1. The Kier molecular flexibility index (Phi) is 6.37. The first kappa shape index (κ1) is 22.1. The SMILES string of the molecule is COc1ccc(S(=O)(=O)N2CCC[C@@H](C(=O)Nc3cccc(C(F)(F)F)c3)C2)cc1. The molecule has 0 radical (unpaired) electrons. The van der Waals surface area contributed by atoms with Crippen molar-refractivity contribution in [2.75, 3.05) is 25.5 Å². The highest BCUT2D eigenvalue weighted by molar-refractivity contribution is 7.89. The molecule has 0 spiro atoms. The van der Waals surface area contributed by atoms with E-state index in [1.54, 1.807) is 0 Å². The summed E-state index contributed by atoms with van der Waals surface area (Å²) in [6.07, 6.45) is -3.61. The number of carbonyl (C=O) groups excluding carboxylic acids is 1. The lowest BCUT2D eigenvalue weighted by molar-refractivity contribution is -0.137. The molecule has 2 aromatic rings. The van der Waals surface area contributed by atoms with Gasteiger partial charge in [-0.2, -0.15) is 17.5 Å². The van der Waals surface area contributed by atoms with E-state index < -0.39 is 33.6 Å². The fourth-order valence-electron chi connectivity index (χ4n) is 3.29. The molecular weight excluding hydrogens is 421 g/mol. The van der Waals surface area contributed by atoms with Gasteiger partial charge in [0.05, 0.1) is 23.5 Å². The number of benzene rings is 2. The van der Waals surface area contributed by atoms with Crippen molar-refractivity contribution in [3.63, 3.8) is 0 Å². The van der Waals surface area contributed by atoms with E-state index >= 15 is 0 Å². The van der Waals surface area contributed by atoms with Gasteiger partial charge in [-0.3, -0.25) is 4.79 Å². The normalized spacial score (nSPS) is 18.1. The molecular formula is C20H21F3N2O4S. The number of methoxy groups -OCH3 is 1. The Bertz CT molecular complexity index is 1010. The lowest BCUT2D eigenvalue weighted by atomic mass is 9.98. The average Bonchev–Trinajstić information content (AvgIpc) is 2.73. The van der Waals surface area contributed by atoms with Gasteiger partial charge in [0.25, 0.3) is 0 Å². The van der Waals surface area contributed by atoms with Gasteiger partial charge in [0.15, 0.2) is 0 Å². The van der Waals surface area contributed by atoms with Crippen LogP contribution in [-0.4, -0.2) is 38.8 Å². The lowest BCUT2D eigenvalue weighted by Crippen LogP contribution is -2.43. The van der Waals surface area contributed by atoms with Gasteiger partial charge in [-0.05, 0) is 55.3 Å². The minimum Gasteiger partial charge on any atom is -0.497 e. The maximum atomic E-state index is 12.9. The molecule has 0 aliphatic carbocycles. The zero-order valence-electron chi connectivity index (χ0n) is 16.1. The van der Waals surface area contributed by atoms with E-state index in [-0.39, 0.29) is 23.7 Å². The molecule has 1 amide bonds. The van der Waals surface area contributed by atoms with E-state index in [1.165, 1.54) is 47.8 Å². The van der Waals surface area contributed by atoms with Crippen LogP contribution in [0.5, 0.6) is 5.75 Å². The van der Waals surface area contributed by atoms with Crippen LogP contribution in [0.15, 0.2) is 53.4 Å². The number of nitrogens with zero attached hydrogens (tertiary/aromatic N) is 1. The van der Waals surface area contributed by atoms with Crippen molar-refractivity contribution in [1.82, 2.24) is 4.31 Å². The molecule has 162 valence electrons. The van der Waals surface area contributed by atoms with Crippen molar-refractivity contribution in [2.24, 2.45) is 5.92 Å². The molecule has 1 heterocycles. The highest BCUT2D eigenvalue weighted by Crippen LogP contribution is 2.31. The Morgan fingerprint density at radius 2 is 1.87 bits per heavy atom. The predicted octanol–water partition coefficient (Wildman–Crippen LogP) is 3.75. The molecule has 1 atom stereocenters. The quantitative estimate of drug-likeness (QED) is 0.765. The van der Waals surface area contributed by atoms with E-state index in [0.717, 1.165) is 12.1 Å². The number of alkyl halides is 3. The number of hydrogen-bond donors (Lipinski definition) is 1. The predicted molar refractivity (Wildman–Crippen MR) is 105 cm³/mol. The molecule has 0 unspecified atom stereocenters. The van der Waals surface area contributed by atoms with E-state index in [1.807, 2.05) is 0 Å². The minimum absolute atomic E-state index is 0.0185. The van der Waals surface area contributed by atoms with Crippen LogP contribution in [0.1, 0.15) is 18.4 Å². The van der Waals surface area contributed by atoms with Crippen molar-refractivity contribution in [3.05, 3.63) is 54.1 Å². The Balaban J connectivity index is 1.71. The molecule has 2 aromatic carbocycles. The Morgan fingerprint density at radius 3 is 2.50 bits per heavy atom. The number of nitrogens with one attached hydrogen (secondary N) is 1. The Labute approximate surface area is 172 Å². The molecule has 1 saturated heterocycles. The van der Waals surface area contributed by atoms with Crippen LogP contribution in [0.4, 0.5) is 18.9 Å². The fourth-order valence-corrected chi connectivity index (χ4v) is 4.81. The number of hydrogen-bond acceptors (Lipinski definition) is 4. The molecule has 1 aliphatic rings. The topological polar surface area (TPSA) is 75.7 Å². The zero-order valence-corrected chi connectivity index (χ0v) is 17.0. The largest absolute Gasteiger partial charge is 0.497 e. The first-order valence-corrected chi connectivity index (χ1v) is 10.7. The van der Waals surface area contributed by atoms with Gasteiger partial charge in [0.2, 0.25) is 15.9 Å². The molecule has 1 N–H and O–H groups in total. The molecule has 1 fully saturated rings. The van der Waals surface area contributed by atoms with Crippen LogP contribution >= 0.6 is 0 Å². The van der Waals surface area contributed by atoms with Crippen LogP contribution in [0.2, 0.25) is 0 Å². The summed E-state index contributed by atoms with van der Waals surface area (Å²) < 4.78 is 70.6. The molecule has 10 heteroatoms. The third-order valence-electron chi connectivity index (χ3n) is 4.91. The molecule has 1 aliphatic heterocycles. The first-order valence-electron chi connectivity index (χ1n) is 9.23. The second kappa shape index (κ2) is 8.65. The molecule has 3 rings (SSSR count). The molecule has 0 bridgehead atoms. The van der Waals surface area contributed by atoms with Gasteiger partial charge >= 0.3 is 6.18 Å². The Hall–Kier alpha value is -2.59. The second-order valence-electron chi connectivity index (χ2n) is 6.95. The monoisotopic (exact) mass is 442 g/mol.